The number of benzene rings is 3. The highest BCUT2D eigenvalue weighted by atomic mass is 32.1. The van der Waals surface area contributed by atoms with Crippen LogP contribution in [0.2, 0.25) is 0 Å². The molecule has 1 amide bonds. The van der Waals surface area contributed by atoms with Gasteiger partial charge in [-0.2, -0.15) is 0 Å². The number of anilines is 1. The summed E-state index contributed by atoms with van der Waals surface area (Å²) >= 11 is 1.43. The van der Waals surface area contributed by atoms with E-state index in [1.807, 2.05) is 42.6 Å². The van der Waals surface area contributed by atoms with Crippen molar-refractivity contribution >= 4 is 33.1 Å². The molecule has 1 heterocycles. The smallest absolute Gasteiger partial charge is 0.230 e. The van der Waals surface area contributed by atoms with Gasteiger partial charge in [0.25, 0.3) is 0 Å². The topological polar surface area (TPSA) is 51.2 Å². The van der Waals surface area contributed by atoms with Crippen LogP contribution in [0.4, 0.5) is 5.13 Å². The molecule has 0 unspecified atom stereocenters. The predicted octanol–water partition coefficient (Wildman–Crippen LogP) is 5.46. The van der Waals surface area contributed by atoms with Crippen molar-refractivity contribution < 1.29 is 9.53 Å². The average Bonchev–Trinajstić information content (AvgIpc) is 3.16. The lowest BCUT2D eigenvalue weighted by molar-refractivity contribution is -0.115. The normalized spacial score (nSPS) is 10.8. The van der Waals surface area contributed by atoms with Gasteiger partial charge in [0.2, 0.25) is 5.91 Å². The number of rotatable bonds is 5. The Bertz CT molecular complexity index is 1150. The molecule has 0 atom stereocenters. The molecule has 0 aliphatic rings. The molecule has 1 aromatic heterocycles. The fraction of sp³-hybridized carbons (Fsp3) is 0.130. The van der Waals surface area contributed by atoms with Crippen LogP contribution < -0.4 is 10.1 Å². The van der Waals surface area contributed by atoms with Crippen molar-refractivity contribution in [3.05, 3.63) is 77.2 Å². The lowest BCUT2D eigenvalue weighted by atomic mass is 10.1. The van der Waals surface area contributed by atoms with E-state index in [4.69, 9.17) is 4.74 Å². The number of aromatic nitrogens is 1. The Morgan fingerprint density at radius 1 is 1.07 bits per heavy atom. The van der Waals surface area contributed by atoms with Crippen molar-refractivity contribution in [1.29, 1.82) is 0 Å². The molecule has 0 aliphatic carbocycles. The molecule has 3 aromatic carbocycles. The standard InChI is InChI=1S/C23H20N2O2S/c1-15-11-16(7-10-21(15)27-2)12-22(26)25-23-24-20(14-28-23)19-9-8-17-5-3-4-6-18(17)13-19/h3-11,13-14H,12H2,1-2H3,(H,24,25,26). The number of aryl methyl sites for hydroxylation is 1. The van der Waals surface area contributed by atoms with Crippen molar-refractivity contribution in [3.63, 3.8) is 0 Å². The summed E-state index contributed by atoms with van der Waals surface area (Å²) in [5.41, 5.74) is 3.87. The molecule has 4 nitrogen and oxygen atoms in total. The number of hydrogen-bond acceptors (Lipinski definition) is 4. The third kappa shape index (κ3) is 3.89. The highest BCUT2D eigenvalue weighted by Gasteiger charge is 2.10. The highest BCUT2D eigenvalue weighted by molar-refractivity contribution is 7.14. The Labute approximate surface area is 167 Å². The van der Waals surface area contributed by atoms with Crippen molar-refractivity contribution in [3.8, 4) is 17.0 Å². The van der Waals surface area contributed by atoms with Crippen LogP contribution in [0, 0.1) is 6.92 Å². The van der Waals surface area contributed by atoms with Crippen LogP contribution in [0.15, 0.2) is 66.0 Å². The summed E-state index contributed by atoms with van der Waals surface area (Å²) in [6, 6.07) is 20.3. The van der Waals surface area contributed by atoms with E-state index in [2.05, 4.69) is 40.6 Å². The minimum absolute atomic E-state index is 0.0796. The molecule has 0 aliphatic heterocycles. The lowest BCUT2D eigenvalue weighted by Gasteiger charge is -2.07. The fourth-order valence-electron chi connectivity index (χ4n) is 3.21. The molecule has 28 heavy (non-hydrogen) atoms. The predicted molar refractivity (Wildman–Crippen MR) is 115 cm³/mol. The Balaban J connectivity index is 1.46. The zero-order chi connectivity index (χ0) is 19.5. The van der Waals surface area contributed by atoms with Gasteiger partial charge in [-0.1, -0.05) is 48.5 Å². The summed E-state index contributed by atoms with van der Waals surface area (Å²) in [5, 5.41) is 7.86. The van der Waals surface area contributed by atoms with E-state index in [1.54, 1.807) is 7.11 Å². The van der Waals surface area contributed by atoms with Crippen molar-refractivity contribution in [2.45, 2.75) is 13.3 Å². The molecule has 0 bridgehead atoms. The van der Waals surface area contributed by atoms with Gasteiger partial charge < -0.3 is 10.1 Å². The first-order valence-electron chi connectivity index (χ1n) is 9.00. The third-order valence-corrected chi connectivity index (χ3v) is 5.38. The summed E-state index contributed by atoms with van der Waals surface area (Å²) in [7, 11) is 1.64. The molecular weight excluding hydrogens is 368 g/mol. The third-order valence-electron chi connectivity index (χ3n) is 4.62. The number of ether oxygens (including phenoxy) is 1. The number of nitrogens with zero attached hydrogens (tertiary/aromatic N) is 1. The number of nitrogens with one attached hydrogen (secondary N) is 1. The van der Waals surface area contributed by atoms with Gasteiger partial charge in [-0.15, -0.1) is 11.3 Å². The zero-order valence-electron chi connectivity index (χ0n) is 15.7. The monoisotopic (exact) mass is 388 g/mol. The number of hydrogen-bond donors (Lipinski definition) is 1. The van der Waals surface area contributed by atoms with E-state index in [9.17, 15) is 4.79 Å². The summed E-state index contributed by atoms with van der Waals surface area (Å²) in [5.74, 6) is 0.744. The highest BCUT2D eigenvalue weighted by Crippen LogP contribution is 2.28. The van der Waals surface area contributed by atoms with Crippen LogP contribution >= 0.6 is 11.3 Å². The minimum atomic E-state index is -0.0796. The number of fused-ring (bicyclic) bond motifs is 1. The van der Waals surface area contributed by atoms with Gasteiger partial charge in [0.15, 0.2) is 5.13 Å². The molecule has 0 saturated heterocycles. The molecule has 5 heteroatoms. The molecule has 0 radical (unpaired) electrons. The largest absolute Gasteiger partial charge is 0.496 e. The van der Waals surface area contributed by atoms with Crippen LogP contribution in [0.5, 0.6) is 5.75 Å². The van der Waals surface area contributed by atoms with Gasteiger partial charge in [-0.3, -0.25) is 4.79 Å². The second-order valence-electron chi connectivity index (χ2n) is 6.63. The maximum atomic E-state index is 12.4. The zero-order valence-corrected chi connectivity index (χ0v) is 16.5. The van der Waals surface area contributed by atoms with Crippen molar-refractivity contribution in [2.75, 3.05) is 12.4 Å². The van der Waals surface area contributed by atoms with Gasteiger partial charge in [-0.05, 0) is 41.0 Å². The number of carbonyl (C=O) groups is 1. The van der Waals surface area contributed by atoms with Gasteiger partial charge in [0, 0.05) is 10.9 Å². The van der Waals surface area contributed by atoms with E-state index in [0.29, 0.717) is 11.6 Å². The SMILES string of the molecule is COc1ccc(CC(=O)Nc2nc(-c3ccc4ccccc4c3)cs2)cc1C. The van der Waals surface area contributed by atoms with Gasteiger partial charge in [-0.25, -0.2) is 4.98 Å². The first kappa shape index (κ1) is 18.2. The fourth-order valence-corrected chi connectivity index (χ4v) is 3.95. The van der Waals surface area contributed by atoms with Crippen LogP contribution in [-0.2, 0) is 11.2 Å². The molecule has 0 saturated carbocycles. The van der Waals surface area contributed by atoms with E-state index in [1.165, 1.54) is 22.1 Å². The lowest BCUT2D eigenvalue weighted by Crippen LogP contribution is -2.14. The maximum absolute atomic E-state index is 12.4. The quantitative estimate of drug-likeness (QED) is 0.494. The summed E-state index contributed by atoms with van der Waals surface area (Å²) < 4.78 is 5.26. The second-order valence-corrected chi connectivity index (χ2v) is 7.49. The molecule has 140 valence electrons. The van der Waals surface area contributed by atoms with Gasteiger partial charge in [0.1, 0.15) is 5.75 Å². The number of methoxy groups -OCH3 is 1. The molecule has 0 spiro atoms. The van der Waals surface area contributed by atoms with E-state index >= 15 is 0 Å². The van der Waals surface area contributed by atoms with Gasteiger partial charge >= 0.3 is 0 Å². The summed E-state index contributed by atoms with van der Waals surface area (Å²) in [6.07, 6.45) is 0.301. The maximum Gasteiger partial charge on any atom is 0.230 e. The van der Waals surface area contributed by atoms with Crippen LogP contribution in [0.1, 0.15) is 11.1 Å². The minimum Gasteiger partial charge on any atom is -0.496 e. The molecule has 4 rings (SSSR count). The summed E-state index contributed by atoms with van der Waals surface area (Å²) in [6.45, 7) is 1.97. The Kier molecular flexibility index (Phi) is 5.08. The Morgan fingerprint density at radius 2 is 1.89 bits per heavy atom. The molecular formula is C23H20N2O2S. The Hall–Kier alpha value is -3.18. The van der Waals surface area contributed by atoms with Crippen LogP contribution in [0.3, 0.4) is 0 Å². The van der Waals surface area contributed by atoms with Gasteiger partial charge in [0.05, 0.1) is 19.2 Å². The first-order chi connectivity index (χ1) is 13.6. The number of thiazole rings is 1. The number of amides is 1. The second kappa shape index (κ2) is 7.82. The van der Waals surface area contributed by atoms with Crippen molar-refractivity contribution in [1.82, 2.24) is 4.98 Å². The Morgan fingerprint density at radius 3 is 2.68 bits per heavy atom. The molecule has 1 N–H and O–H groups in total. The summed E-state index contributed by atoms with van der Waals surface area (Å²) in [4.78, 5) is 17.0. The molecule has 4 aromatic rings. The van der Waals surface area contributed by atoms with E-state index in [0.717, 1.165) is 28.1 Å². The first-order valence-corrected chi connectivity index (χ1v) is 9.88. The van der Waals surface area contributed by atoms with Crippen LogP contribution in [-0.4, -0.2) is 18.0 Å². The number of carbonyl (C=O) groups excluding carboxylic acids is 1. The van der Waals surface area contributed by atoms with Crippen molar-refractivity contribution in [2.24, 2.45) is 0 Å². The average molecular weight is 388 g/mol. The molecule has 0 fully saturated rings. The van der Waals surface area contributed by atoms with Crippen LogP contribution in [0.25, 0.3) is 22.0 Å². The van der Waals surface area contributed by atoms with E-state index in [-0.39, 0.29) is 5.91 Å². The van der Waals surface area contributed by atoms with E-state index < -0.39 is 0 Å².